The van der Waals surface area contributed by atoms with Crippen LogP contribution >= 0.6 is 0 Å². The van der Waals surface area contributed by atoms with Crippen molar-refractivity contribution in [2.24, 2.45) is 0 Å². The number of nitrogens with zero attached hydrogens (tertiary/aromatic N) is 3. The molecule has 0 aliphatic carbocycles. The molecule has 1 aromatic carbocycles. The number of amides is 2. The van der Waals surface area contributed by atoms with Crippen LogP contribution in [0, 0.1) is 0 Å². The van der Waals surface area contributed by atoms with E-state index >= 15 is 0 Å². The summed E-state index contributed by atoms with van der Waals surface area (Å²) in [6, 6.07) is 13.6. The Bertz CT molecular complexity index is 804. The van der Waals surface area contributed by atoms with Gasteiger partial charge < -0.3 is 19.0 Å². The Hall–Kier alpha value is -2.64. The van der Waals surface area contributed by atoms with Crippen LogP contribution in [0.15, 0.2) is 53.1 Å². The van der Waals surface area contributed by atoms with Gasteiger partial charge in [-0.2, -0.15) is 0 Å². The normalized spacial score (nSPS) is 14.3. The number of furan rings is 1. The van der Waals surface area contributed by atoms with Gasteiger partial charge in [-0.1, -0.05) is 43.7 Å². The van der Waals surface area contributed by atoms with Gasteiger partial charge in [0.1, 0.15) is 5.76 Å². The maximum absolute atomic E-state index is 13.4. The quantitative estimate of drug-likeness (QED) is 0.506. The standard InChI is InChI=1S/C25H35N3O4/c1-2-3-11-24(29)27(13-12-26-14-17-31-18-15-26)21-25(30)28(20-23-10-7-16-32-23)19-22-8-5-4-6-9-22/h4-10,16H,2-3,11-15,17-21H2,1H3. The van der Waals surface area contributed by atoms with E-state index in [-0.39, 0.29) is 18.4 Å². The minimum Gasteiger partial charge on any atom is -0.467 e. The molecule has 2 heterocycles. The van der Waals surface area contributed by atoms with E-state index in [4.69, 9.17) is 9.15 Å². The summed E-state index contributed by atoms with van der Waals surface area (Å²) in [5, 5.41) is 0. The third-order valence-corrected chi connectivity index (χ3v) is 5.71. The van der Waals surface area contributed by atoms with Crippen molar-refractivity contribution in [2.45, 2.75) is 39.3 Å². The lowest BCUT2D eigenvalue weighted by atomic mass is 10.2. The molecule has 0 atom stereocenters. The Morgan fingerprint density at radius 2 is 1.75 bits per heavy atom. The largest absolute Gasteiger partial charge is 0.467 e. The van der Waals surface area contributed by atoms with Gasteiger partial charge in [-0.3, -0.25) is 14.5 Å². The Labute approximate surface area is 190 Å². The molecule has 0 spiro atoms. The van der Waals surface area contributed by atoms with Gasteiger partial charge in [0.15, 0.2) is 0 Å². The molecule has 0 bridgehead atoms. The molecule has 0 N–H and O–H groups in total. The summed E-state index contributed by atoms with van der Waals surface area (Å²) >= 11 is 0. The number of rotatable bonds is 12. The van der Waals surface area contributed by atoms with Crippen LogP contribution in [0.2, 0.25) is 0 Å². The van der Waals surface area contributed by atoms with Gasteiger partial charge in [-0.05, 0) is 24.1 Å². The molecular weight excluding hydrogens is 406 g/mol. The zero-order valence-corrected chi connectivity index (χ0v) is 19.1. The van der Waals surface area contributed by atoms with Crippen molar-refractivity contribution in [3.05, 3.63) is 60.1 Å². The van der Waals surface area contributed by atoms with E-state index in [9.17, 15) is 9.59 Å². The molecule has 1 saturated heterocycles. The molecule has 2 amide bonds. The topological polar surface area (TPSA) is 66.2 Å². The zero-order chi connectivity index (χ0) is 22.6. The number of hydrogen-bond donors (Lipinski definition) is 0. The lowest BCUT2D eigenvalue weighted by Gasteiger charge is -2.31. The Morgan fingerprint density at radius 1 is 0.969 bits per heavy atom. The smallest absolute Gasteiger partial charge is 0.242 e. The molecule has 174 valence electrons. The van der Waals surface area contributed by atoms with Crippen molar-refractivity contribution in [3.8, 4) is 0 Å². The first kappa shape index (κ1) is 24.0. The molecule has 0 saturated carbocycles. The van der Waals surface area contributed by atoms with Gasteiger partial charge in [-0.25, -0.2) is 0 Å². The summed E-state index contributed by atoms with van der Waals surface area (Å²) in [6.45, 7) is 7.48. The first-order valence-corrected chi connectivity index (χ1v) is 11.6. The van der Waals surface area contributed by atoms with E-state index in [1.54, 1.807) is 16.1 Å². The fourth-order valence-electron chi connectivity index (χ4n) is 3.75. The second-order valence-electron chi connectivity index (χ2n) is 8.19. The van der Waals surface area contributed by atoms with Crippen LogP contribution in [-0.2, 0) is 27.4 Å². The molecule has 1 fully saturated rings. The monoisotopic (exact) mass is 441 g/mol. The van der Waals surface area contributed by atoms with Crippen LogP contribution in [0.3, 0.4) is 0 Å². The molecule has 2 aromatic rings. The molecule has 1 aromatic heterocycles. The number of morpholine rings is 1. The SMILES string of the molecule is CCCCC(=O)N(CCN1CCOCC1)CC(=O)N(Cc1ccccc1)Cc1ccco1. The Morgan fingerprint density at radius 3 is 2.44 bits per heavy atom. The lowest BCUT2D eigenvalue weighted by molar-refractivity contribution is -0.141. The first-order chi connectivity index (χ1) is 15.7. The van der Waals surface area contributed by atoms with Crippen LogP contribution in [0.4, 0.5) is 0 Å². The highest BCUT2D eigenvalue weighted by molar-refractivity contribution is 5.84. The van der Waals surface area contributed by atoms with Crippen LogP contribution < -0.4 is 0 Å². The number of ether oxygens (including phenoxy) is 1. The third-order valence-electron chi connectivity index (χ3n) is 5.71. The maximum atomic E-state index is 13.4. The molecule has 7 nitrogen and oxygen atoms in total. The summed E-state index contributed by atoms with van der Waals surface area (Å²) in [5.41, 5.74) is 1.05. The number of hydrogen-bond acceptors (Lipinski definition) is 5. The maximum Gasteiger partial charge on any atom is 0.242 e. The van der Waals surface area contributed by atoms with Gasteiger partial charge >= 0.3 is 0 Å². The van der Waals surface area contributed by atoms with Crippen molar-refractivity contribution in [1.82, 2.24) is 14.7 Å². The lowest BCUT2D eigenvalue weighted by Crippen LogP contribution is -2.47. The van der Waals surface area contributed by atoms with Gasteiger partial charge in [0.05, 0.1) is 32.6 Å². The molecule has 0 radical (unpaired) electrons. The van der Waals surface area contributed by atoms with Crippen LogP contribution in [0.1, 0.15) is 37.5 Å². The van der Waals surface area contributed by atoms with Crippen LogP contribution in [-0.4, -0.2) is 72.5 Å². The van der Waals surface area contributed by atoms with Gasteiger partial charge in [0.2, 0.25) is 11.8 Å². The van der Waals surface area contributed by atoms with Crippen molar-refractivity contribution in [2.75, 3.05) is 45.9 Å². The third kappa shape index (κ3) is 7.80. The summed E-state index contributed by atoms with van der Waals surface area (Å²) in [5.74, 6) is 0.703. The van der Waals surface area contributed by atoms with Gasteiger partial charge in [-0.15, -0.1) is 0 Å². The van der Waals surface area contributed by atoms with Crippen LogP contribution in [0.25, 0.3) is 0 Å². The van der Waals surface area contributed by atoms with Crippen molar-refractivity contribution in [1.29, 1.82) is 0 Å². The zero-order valence-electron chi connectivity index (χ0n) is 19.1. The van der Waals surface area contributed by atoms with E-state index in [1.807, 2.05) is 42.5 Å². The molecule has 32 heavy (non-hydrogen) atoms. The highest BCUT2D eigenvalue weighted by Gasteiger charge is 2.23. The Balaban J connectivity index is 1.67. The minimum atomic E-state index is -0.0721. The molecule has 0 unspecified atom stereocenters. The number of benzene rings is 1. The van der Waals surface area contributed by atoms with E-state index in [0.29, 0.717) is 26.1 Å². The van der Waals surface area contributed by atoms with E-state index in [0.717, 1.165) is 57.0 Å². The van der Waals surface area contributed by atoms with Gasteiger partial charge in [0, 0.05) is 39.1 Å². The number of unbranched alkanes of at least 4 members (excludes halogenated alkanes) is 1. The summed E-state index contributed by atoms with van der Waals surface area (Å²) in [4.78, 5) is 32.1. The summed E-state index contributed by atoms with van der Waals surface area (Å²) in [6.07, 6.45) is 3.88. The summed E-state index contributed by atoms with van der Waals surface area (Å²) in [7, 11) is 0. The highest BCUT2D eigenvalue weighted by atomic mass is 16.5. The Kier molecular flexibility index (Phi) is 9.78. The van der Waals surface area contributed by atoms with Crippen molar-refractivity contribution in [3.63, 3.8) is 0 Å². The molecular formula is C25H35N3O4. The molecule has 7 heteroatoms. The second-order valence-corrected chi connectivity index (χ2v) is 8.19. The van der Waals surface area contributed by atoms with E-state index < -0.39 is 0 Å². The number of carbonyl (C=O) groups is 2. The second kappa shape index (κ2) is 13.0. The fraction of sp³-hybridized carbons (Fsp3) is 0.520. The predicted octanol–water partition coefficient (Wildman–Crippen LogP) is 3.16. The van der Waals surface area contributed by atoms with E-state index in [1.165, 1.54) is 0 Å². The van der Waals surface area contributed by atoms with Crippen molar-refractivity contribution >= 4 is 11.8 Å². The molecule has 1 aliphatic rings. The molecule has 3 rings (SSSR count). The first-order valence-electron chi connectivity index (χ1n) is 11.6. The van der Waals surface area contributed by atoms with E-state index in [2.05, 4.69) is 11.8 Å². The summed E-state index contributed by atoms with van der Waals surface area (Å²) < 4.78 is 10.9. The number of carbonyl (C=O) groups excluding carboxylic acids is 2. The average molecular weight is 442 g/mol. The fourth-order valence-corrected chi connectivity index (χ4v) is 3.75. The highest BCUT2D eigenvalue weighted by Crippen LogP contribution is 2.12. The van der Waals surface area contributed by atoms with Crippen molar-refractivity contribution < 1.29 is 18.7 Å². The predicted molar refractivity (Wildman–Crippen MR) is 123 cm³/mol. The average Bonchev–Trinajstić information content (AvgIpc) is 3.34. The molecule has 1 aliphatic heterocycles. The van der Waals surface area contributed by atoms with Crippen LogP contribution in [0.5, 0.6) is 0 Å². The minimum absolute atomic E-state index is 0.0473. The van der Waals surface area contributed by atoms with Gasteiger partial charge in [0.25, 0.3) is 0 Å².